The lowest BCUT2D eigenvalue weighted by Crippen LogP contribution is -2.63. The van der Waals surface area contributed by atoms with Gasteiger partial charge in [0.15, 0.2) is 11.6 Å². The summed E-state index contributed by atoms with van der Waals surface area (Å²) in [7, 11) is 0. The van der Waals surface area contributed by atoms with Crippen LogP contribution in [0.1, 0.15) is 189 Å². The molecule has 3 saturated heterocycles. The van der Waals surface area contributed by atoms with Crippen molar-refractivity contribution in [2.45, 2.75) is 244 Å². The van der Waals surface area contributed by atoms with E-state index in [0.29, 0.717) is 6.42 Å². The second-order valence-corrected chi connectivity index (χ2v) is 26.1. The fraction of sp³-hybridized carbons (Fsp3) is 0.738. The van der Waals surface area contributed by atoms with Crippen LogP contribution in [-0.2, 0) is 76.7 Å². The van der Waals surface area contributed by atoms with Crippen LogP contribution in [0.25, 0.3) is 0 Å². The van der Waals surface area contributed by atoms with Gasteiger partial charge in [0.1, 0.15) is 36.3 Å². The molecule has 3 fully saturated rings. The number of unbranched alkanes of at least 4 members (excludes halogenated alkanes) is 11. The van der Waals surface area contributed by atoms with Crippen molar-refractivity contribution in [1.29, 1.82) is 0 Å². The number of fused-ring (bicyclic) bond motifs is 2. The van der Waals surface area contributed by atoms with Gasteiger partial charge in [-0.25, -0.2) is 4.79 Å². The molecule has 0 spiro atoms. The molecule has 0 bridgehead atoms. The Bertz CT molecular complexity index is 2860. The van der Waals surface area contributed by atoms with E-state index in [9.17, 15) is 97.1 Å². The molecule has 16 N–H and O–H groups in total. The van der Waals surface area contributed by atoms with Gasteiger partial charge in [0.25, 0.3) is 0 Å². The summed E-state index contributed by atoms with van der Waals surface area (Å²) in [6.07, 6.45) is 7.92. The van der Waals surface area contributed by atoms with E-state index in [2.05, 4.69) is 60.1 Å². The van der Waals surface area contributed by atoms with E-state index in [0.717, 1.165) is 48.8 Å². The van der Waals surface area contributed by atoms with Gasteiger partial charge >= 0.3 is 29.9 Å². The van der Waals surface area contributed by atoms with Gasteiger partial charge in [-0.1, -0.05) is 91.4 Å². The van der Waals surface area contributed by atoms with E-state index in [1.165, 1.54) is 52.4 Å². The second-order valence-electron chi connectivity index (χ2n) is 26.1. The molecule has 0 radical (unpaired) electrons. The van der Waals surface area contributed by atoms with Crippen molar-refractivity contribution < 1.29 is 102 Å². The van der Waals surface area contributed by atoms with Crippen LogP contribution in [0.15, 0.2) is 0 Å². The van der Waals surface area contributed by atoms with Gasteiger partial charge in [-0.05, 0) is 65.2 Å². The Morgan fingerprint density at radius 1 is 0.566 bits per heavy atom. The maximum atomic E-state index is 15.4. The van der Waals surface area contributed by atoms with E-state index in [4.69, 9.17) is 5.73 Å². The normalized spacial score (nSPS) is 24.1. The van der Waals surface area contributed by atoms with Crippen molar-refractivity contribution in [3.05, 3.63) is 0 Å². The van der Waals surface area contributed by atoms with Gasteiger partial charge in [0.05, 0.1) is 62.2 Å². The number of piperidine rings is 1. The molecule has 12 amide bonds. The standard InChI is InChI=1S/C65H105N13O21/c1-7-8-9-10-11-12-13-14-15-16-17-19-26-67-65(99)73-42(32-52(86)87)46(79)31-41-38(5)71-59(92)45-23-21-28-78(45)63(96)54(36(2)3)75-61(94)56(39(6)70-48(81)24-25-66)74-50(83)35-69-58(91)43(33-53(88)89)72-49(82)34-68-57(90)40(30-51(84)85)29-47(80)55(37(4)64(97)98)76-60(93)44-22-18-20-27-77(44)62(41)95/h36-45,54-56H,7-35,66H2,1-6H3,(H,68,90)(H,69,91)(H,70,81)(H,71,92)(H,72,82)(H,74,83)(H,75,94)(H,76,93)(H,84,85)(H,86,87)(H,88,89)(H,97,98)(H2,67,73,99). The first-order valence-electron chi connectivity index (χ1n) is 34.5. The molecule has 3 aliphatic rings. The lowest BCUT2D eigenvalue weighted by Gasteiger charge is -2.39. The maximum Gasteiger partial charge on any atom is 0.315 e. The van der Waals surface area contributed by atoms with Crippen LogP contribution in [0.4, 0.5) is 4.79 Å². The third-order valence-corrected chi connectivity index (χ3v) is 17.8. The average molecular weight is 1400 g/mol. The number of amides is 12. The summed E-state index contributed by atoms with van der Waals surface area (Å²) in [5.74, 6) is -25.3. The Hall–Kier alpha value is -8.85. The zero-order chi connectivity index (χ0) is 74.1. The smallest absolute Gasteiger partial charge is 0.315 e. The fourth-order valence-electron chi connectivity index (χ4n) is 12.1. The molecule has 3 heterocycles. The molecular weight excluding hydrogens is 1300 g/mol. The zero-order valence-electron chi connectivity index (χ0n) is 57.7. The number of rotatable bonds is 30. The molecule has 0 aromatic heterocycles. The van der Waals surface area contributed by atoms with Crippen molar-refractivity contribution >= 4 is 101 Å². The topological polar surface area (TPSA) is 524 Å². The molecular formula is C65H105N13O21. The Balaban J connectivity index is 2.16. The molecule has 99 heavy (non-hydrogen) atoms. The van der Waals surface area contributed by atoms with E-state index >= 15 is 4.79 Å². The van der Waals surface area contributed by atoms with E-state index < -0.39 is 224 Å². The summed E-state index contributed by atoms with van der Waals surface area (Å²) in [4.78, 5) is 234. The third kappa shape index (κ3) is 29.2. The predicted octanol–water partition coefficient (Wildman–Crippen LogP) is -0.778. The number of hydrogen-bond donors (Lipinski definition) is 15. The highest BCUT2D eigenvalue weighted by molar-refractivity contribution is 6.01. The number of urea groups is 1. The maximum absolute atomic E-state index is 15.4. The van der Waals surface area contributed by atoms with Crippen molar-refractivity contribution in [2.75, 3.05) is 39.3 Å². The number of carbonyl (C=O) groups is 17. The molecule has 3 aliphatic heterocycles. The summed E-state index contributed by atoms with van der Waals surface area (Å²) < 4.78 is 0. The van der Waals surface area contributed by atoms with Crippen LogP contribution >= 0.6 is 0 Å². The van der Waals surface area contributed by atoms with Gasteiger partial charge in [-0.3, -0.25) is 76.7 Å². The first-order chi connectivity index (χ1) is 46.8. The summed E-state index contributed by atoms with van der Waals surface area (Å²) in [5.41, 5.74) is 5.57. The van der Waals surface area contributed by atoms with Crippen LogP contribution in [0.3, 0.4) is 0 Å². The molecule has 0 aliphatic carbocycles. The molecule has 34 heteroatoms. The minimum absolute atomic E-state index is 0.00985. The van der Waals surface area contributed by atoms with Gasteiger partial charge in [0, 0.05) is 51.5 Å². The Morgan fingerprint density at radius 3 is 1.67 bits per heavy atom. The highest BCUT2D eigenvalue weighted by Crippen LogP contribution is 2.27. The Morgan fingerprint density at radius 2 is 1.10 bits per heavy atom. The molecule has 0 aromatic carbocycles. The number of hydrogen-bond acceptors (Lipinski definition) is 18. The number of nitrogens with two attached hydrogens (primary N) is 1. The molecule has 34 nitrogen and oxygen atoms in total. The predicted molar refractivity (Wildman–Crippen MR) is 353 cm³/mol. The number of Topliss-reactive ketones (excluding diaryl/α,β-unsaturated/α-hetero) is 2. The Kier molecular flexibility index (Phi) is 37.1. The lowest BCUT2D eigenvalue weighted by molar-refractivity contribution is -0.150. The third-order valence-electron chi connectivity index (χ3n) is 17.8. The summed E-state index contributed by atoms with van der Waals surface area (Å²) in [6.45, 7) is 6.62. The molecule has 0 aromatic rings. The number of nitrogens with zero attached hydrogens (tertiary/aromatic N) is 2. The fourth-order valence-corrected chi connectivity index (χ4v) is 12.1. The number of carboxylic acids is 4. The van der Waals surface area contributed by atoms with Gasteiger partial charge in [-0.15, -0.1) is 0 Å². The lowest BCUT2D eigenvalue weighted by atomic mass is 9.87. The minimum atomic E-state index is -2.04. The van der Waals surface area contributed by atoms with Crippen LogP contribution in [0, 0.1) is 23.7 Å². The van der Waals surface area contributed by atoms with Crippen molar-refractivity contribution in [2.24, 2.45) is 29.4 Å². The van der Waals surface area contributed by atoms with E-state index in [1.807, 2.05) is 0 Å². The van der Waals surface area contributed by atoms with Crippen LogP contribution in [0.5, 0.6) is 0 Å². The SMILES string of the molecule is CCCCCCCCCCCCCCNC(=O)NC(CC(=O)O)C(=O)CC1C(=O)N2CCCCC2C(=O)NC(C(C)C(=O)O)C(=O)CC(CC(=O)O)C(=O)NCC(=O)NC(CC(=O)O)C(=O)NCC(=O)NC(C(C)NC(=O)CCN)C(=O)NC(C(C)C)C(=O)N2CCCC2C(=O)NC1C. The number of nitrogens with one attached hydrogen (secondary N) is 10. The van der Waals surface area contributed by atoms with Crippen LogP contribution in [-0.4, -0.2) is 224 Å². The van der Waals surface area contributed by atoms with E-state index in [-0.39, 0.29) is 64.7 Å². The molecule has 556 valence electrons. The molecule has 12 unspecified atom stereocenters. The molecule has 0 saturated carbocycles. The zero-order valence-corrected chi connectivity index (χ0v) is 57.7. The van der Waals surface area contributed by atoms with Crippen LogP contribution in [0.2, 0.25) is 0 Å². The number of ketones is 2. The van der Waals surface area contributed by atoms with Crippen molar-refractivity contribution in [3.63, 3.8) is 0 Å². The van der Waals surface area contributed by atoms with Crippen molar-refractivity contribution in [1.82, 2.24) is 63.0 Å². The average Bonchev–Trinajstić information content (AvgIpc) is 1.79. The molecule has 3 rings (SSSR count). The summed E-state index contributed by atoms with van der Waals surface area (Å²) in [5, 5.41) is 63.6. The van der Waals surface area contributed by atoms with Crippen molar-refractivity contribution in [3.8, 4) is 0 Å². The highest BCUT2D eigenvalue weighted by atomic mass is 16.4. The second kappa shape index (κ2) is 43.5. The number of carbonyl (C=O) groups excluding carboxylic acids is 13. The minimum Gasteiger partial charge on any atom is -0.481 e. The van der Waals surface area contributed by atoms with Gasteiger partial charge in [0.2, 0.25) is 59.1 Å². The van der Waals surface area contributed by atoms with E-state index in [1.54, 1.807) is 13.8 Å². The van der Waals surface area contributed by atoms with Gasteiger partial charge in [-0.2, -0.15) is 0 Å². The first kappa shape index (κ1) is 84.4. The highest BCUT2D eigenvalue weighted by Gasteiger charge is 2.45. The summed E-state index contributed by atoms with van der Waals surface area (Å²) >= 11 is 0. The first-order valence-corrected chi connectivity index (χ1v) is 34.5. The quantitative estimate of drug-likeness (QED) is 0.0392. The number of aliphatic carboxylic acids is 4. The largest absolute Gasteiger partial charge is 0.481 e. The van der Waals surface area contributed by atoms with Crippen LogP contribution < -0.4 is 58.9 Å². The Labute approximate surface area is 575 Å². The monoisotopic (exact) mass is 1400 g/mol. The molecule has 12 atom stereocenters. The summed E-state index contributed by atoms with van der Waals surface area (Å²) in [6, 6.07) is -15.4. The number of carboxylic acid groups (broad SMARTS) is 4. The van der Waals surface area contributed by atoms with Gasteiger partial charge < -0.3 is 89.1 Å².